The van der Waals surface area contributed by atoms with E-state index in [0.717, 1.165) is 37.6 Å². The van der Waals surface area contributed by atoms with Crippen LogP contribution in [0.4, 0.5) is 11.6 Å². The van der Waals surface area contributed by atoms with Gasteiger partial charge in [-0.1, -0.05) is 12.1 Å². The van der Waals surface area contributed by atoms with Crippen LogP contribution in [-0.4, -0.2) is 55.1 Å². The van der Waals surface area contributed by atoms with Crippen molar-refractivity contribution in [1.82, 2.24) is 15.3 Å². The topological polar surface area (TPSA) is 87.7 Å². The number of ether oxygens (including phenoxy) is 1. The van der Waals surface area contributed by atoms with Gasteiger partial charge in [-0.25, -0.2) is 9.97 Å². The molecule has 0 spiro atoms. The molecule has 2 amide bonds. The van der Waals surface area contributed by atoms with E-state index in [9.17, 15) is 9.59 Å². The molecule has 1 aromatic heterocycles. The van der Waals surface area contributed by atoms with Crippen molar-refractivity contribution in [3.63, 3.8) is 0 Å². The average molecular weight is 424 g/mol. The Morgan fingerprint density at radius 2 is 1.97 bits per heavy atom. The van der Waals surface area contributed by atoms with Crippen LogP contribution in [0.25, 0.3) is 0 Å². The lowest BCUT2D eigenvalue weighted by Crippen LogP contribution is -2.48. The number of carbonyl (C=O) groups is 2. The Hall–Kier alpha value is -3.16. The number of piperidine rings is 2. The molecule has 2 aliphatic heterocycles. The van der Waals surface area contributed by atoms with Crippen molar-refractivity contribution in [3.05, 3.63) is 42.7 Å². The Morgan fingerprint density at radius 1 is 1.16 bits per heavy atom. The fourth-order valence-electron chi connectivity index (χ4n) is 4.40. The fraction of sp³-hybridized carbons (Fsp3) is 0.478. The van der Waals surface area contributed by atoms with Crippen molar-refractivity contribution in [3.8, 4) is 5.75 Å². The van der Waals surface area contributed by atoms with Crippen LogP contribution in [0.2, 0.25) is 0 Å². The molecule has 3 heterocycles. The summed E-state index contributed by atoms with van der Waals surface area (Å²) in [6.45, 7) is 2.77. The molecule has 8 heteroatoms. The molecular weight excluding hydrogens is 394 g/mol. The van der Waals surface area contributed by atoms with Gasteiger partial charge in [0.05, 0.1) is 18.7 Å². The number of para-hydroxylation sites is 2. The van der Waals surface area contributed by atoms with E-state index >= 15 is 0 Å². The molecule has 1 aromatic carbocycles. The number of methoxy groups -OCH3 is 1. The number of amides is 2. The maximum atomic E-state index is 12.9. The number of benzene rings is 1. The van der Waals surface area contributed by atoms with Crippen molar-refractivity contribution >= 4 is 23.5 Å². The van der Waals surface area contributed by atoms with Crippen molar-refractivity contribution in [1.29, 1.82) is 0 Å². The number of nitrogens with one attached hydrogen (secondary N) is 1. The molecule has 164 valence electrons. The highest BCUT2D eigenvalue weighted by molar-refractivity contribution is 5.97. The Labute approximate surface area is 182 Å². The van der Waals surface area contributed by atoms with Crippen LogP contribution in [0.1, 0.15) is 25.7 Å². The number of anilines is 2. The molecule has 0 aliphatic carbocycles. The summed E-state index contributed by atoms with van der Waals surface area (Å²) in [5.41, 5.74) is 0.721. The normalized spacial score (nSPS) is 21.6. The highest BCUT2D eigenvalue weighted by Gasteiger charge is 2.32. The Kier molecular flexibility index (Phi) is 6.64. The highest BCUT2D eigenvalue weighted by Crippen LogP contribution is 2.32. The third kappa shape index (κ3) is 4.95. The lowest BCUT2D eigenvalue weighted by atomic mass is 9.94. The minimum Gasteiger partial charge on any atom is -0.495 e. The van der Waals surface area contributed by atoms with Crippen molar-refractivity contribution in [2.45, 2.75) is 25.7 Å². The smallest absolute Gasteiger partial charge is 0.227 e. The van der Waals surface area contributed by atoms with E-state index in [2.05, 4.69) is 20.2 Å². The van der Waals surface area contributed by atoms with E-state index in [1.165, 1.54) is 0 Å². The van der Waals surface area contributed by atoms with Gasteiger partial charge in [0.1, 0.15) is 5.75 Å². The summed E-state index contributed by atoms with van der Waals surface area (Å²) in [4.78, 5) is 38.0. The first kappa shape index (κ1) is 21.1. The van der Waals surface area contributed by atoms with Gasteiger partial charge >= 0.3 is 0 Å². The van der Waals surface area contributed by atoms with Gasteiger partial charge in [0, 0.05) is 45.0 Å². The monoisotopic (exact) mass is 423 g/mol. The first-order chi connectivity index (χ1) is 15.2. The molecule has 31 heavy (non-hydrogen) atoms. The van der Waals surface area contributed by atoms with Crippen molar-refractivity contribution < 1.29 is 14.3 Å². The zero-order valence-electron chi connectivity index (χ0n) is 17.9. The van der Waals surface area contributed by atoms with Crippen molar-refractivity contribution in [2.75, 3.05) is 43.1 Å². The molecule has 4 rings (SSSR count). The standard InChI is InChI=1S/C23H29N5O3/c1-31-20-8-3-2-7-19(20)28-16-18(9-10-21(28)29)22(30)26-14-17-6-4-13-27(15-17)23-24-11-5-12-25-23/h2-3,5,7-8,11-12,17-18H,4,6,9-10,13-16H2,1H3,(H,26,30). The van der Waals surface area contributed by atoms with Gasteiger partial charge in [-0.3, -0.25) is 9.59 Å². The Bertz CT molecular complexity index is 907. The van der Waals surface area contributed by atoms with E-state index < -0.39 is 0 Å². The van der Waals surface area contributed by atoms with Gasteiger partial charge in [0.2, 0.25) is 17.8 Å². The van der Waals surface area contributed by atoms with E-state index in [0.29, 0.717) is 37.6 Å². The van der Waals surface area contributed by atoms with Crippen LogP contribution in [0.15, 0.2) is 42.7 Å². The Morgan fingerprint density at radius 3 is 2.77 bits per heavy atom. The number of carbonyl (C=O) groups excluding carboxylic acids is 2. The second-order valence-electron chi connectivity index (χ2n) is 8.16. The third-order valence-corrected chi connectivity index (χ3v) is 6.08. The molecule has 2 unspecified atom stereocenters. The second-order valence-corrected chi connectivity index (χ2v) is 8.16. The van der Waals surface area contributed by atoms with Crippen LogP contribution in [0.3, 0.4) is 0 Å². The third-order valence-electron chi connectivity index (χ3n) is 6.08. The summed E-state index contributed by atoms with van der Waals surface area (Å²) in [5.74, 6) is 1.57. The molecule has 2 atom stereocenters. The van der Waals surface area contributed by atoms with Gasteiger partial charge in [0.15, 0.2) is 0 Å². The predicted molar refractivity (Wildman–Crippen MR) is 118 cm³/mol. The zero-order chi connectivity index (χ0) is 21.6. The predicted octanol–water partition coefficient (Wildman–Crippen LogP) is 2.26. The summed E-state index contributed by atoms with van der Waals surface area (Å²) in [5, 5.41) is 3.13. The second kappa shape index (κ2) is 9.76. The summed E-state index contributed by atoms with van der Waals surface area (Å²) in [6, 6.07) is 9.25. The fourth-order valence-corrected chi connectivity index (χ4v) is 4.40. The van der Waals surface area contributed by atoms with E-state index in [1.54, 1.807) is 24.4 Å². The molecule has 2 aliphatic rings. The summed E-state index contributed by atoms with van der Waals surface area (Å²) in [6.07, 6.45) is 6.57. The minimum atomic E-state index is -0.222. The van der Waals surface area contributed by atoms with Crippen LogP contribution < -0.4 is 19.9 Å². The quantitative estimate of drug-likeness (QED) is 0.767. The van der Waals surface area contributed by atoms with Crippen LogP contribution in [0, 0.1) is 11.8 Å². The number of rotatable bonds is 6. The lowest BCUT2D eigenvalue weighted by Gasteiger charge is -2.34. The average Bonchev–Trinajstić information content (AvgIpc) is 2.83. The molecule has 2 saturated heterocycles. The summed E-state index contributed by atoms with van der Waals surface area (Å²) < 4.78 is 5.41. The first-order valence-corrected chi connectivity index (χ1v) is 10.9. The van der Waals surface area contributed by atoms with E-state index in [1.807, 2.05) is 30.3 Å². The van der Waals surface area contributed by atoms with Crippen LogP contribution in [0.5, 0.6) is 5.75 Å². The summed E-state index contributed by atoms with van der Waals surface area (Å²) >= 11 is 0. The number of nitrogens with zero attached hydrogens (tertiary/aromatic N) is 4. The lowest BCUT2D eigenvalue weighted by molar-refractivity contribution is -0.127. The van der Waals surface area contributed by atoms with Gasteiger partial charge in [-0.15, -0.1) is 0 Å². The first-order valence-electron chi connectivity index (χ1n) is 10.9. The molecular formula is C23H29N5O3. The zero-order valence-corrected chi connectivity index (χ0v) is 17.9. The summed E-state index contributed by atoms with van der Waals surface area (Å²) in [7, 11) is 1.59. The minimum absolute atomic E-state index is 0.0143. The van der Waals surface area contributed by atoms with Crippen LogP contribution in [-0.2, 0) is 9.59 Å². The molecule has 0 saturated carbocycles. The number of hydrogen-bond donors (Lipinski definition) is 1. The molecule has 1 N–H and O–H groups in total. The van der Waals surface area contributed by atoms with Crippen molar-refractivity contribution in [2.24, 2.45) is 11.8 Å². The number of hydrogen-bond acceptors (Lipinski definition) is 6. The molecule has 0 radical (unpaired) electrons. The molecule has 8 nitrogen and oxygen atoms in total. The largest absolute Gasteiger partial charge is 0.495 e. The maximum absolute atomic E-state index is 12.9. The van der Waals surface area contributed by atoms with E-state index in [-0.39, 0.29) is 17.7 Å². The van der Waals surface area contributed by atoms with Crippen LogP contribution >= 0.6 is 0 Å². The maximum Gasteiger partial charge on any atom is 0.227 e. The van der Waals surface area contributed by atoms with E-state index in [4.69, 9.17) is 4.74 Å². The van der Waals surface area contributed by atoms with Gasteiger partial charge in [-0.05, 0) is 43.4 Å². The van der Waals surface area contributed by atoms with Gasteiger partial charge < -0.3 is 19.9 Å². The number of aromatic nitrogens is 2. The van der Waals surface area contributed by atoms with Gasteiger partial charge in [0.25, 0.3) is 0 Å². The molecule has 0 bridgehead atoms. The highest BCUT2D eigenvalue weighted by atomic mass is 16.5. The van der Waals surface area contributed by atoms with Gasteiger partial charge in [-0.2, -0.15) is 0 Å². The SMILES string of the molecule is COc1ccccc1N1CC(C(=O)NCC2CCCN(c3ncccn3)C2)CCC1=O. The molecule has 2 aromatic rings. The molecule has 2 fully saturated rings. The Balaban J connectivity index is 1.34.